The predicted molar refractivity (Wildman–Crippen MR) is 68.0 cm³/mol. The number of hydrogen-bond acceptors (Lipinski definition) is 2. The molecule has 2 nitrogen and oxygen atoms in total. The SMILES string of the molecule is C[O][Sn]([CH3])([CH3])[c]1ccccc1CN(C)C. The van der Waals surface area contributed by atoms with Crippen LogP contribution in [0, 0.1) is 0 Å². The third-order valence-electron chi connectivity index (χ3n) is 2.66. The molecular weight excluding hydrogens is 293 g/mol. The van der Waals surface area contributed by atoms with Gasteiger partial charge in [0.25, 0.3) is 0 Å². The van der Waals surface area contributed by atoms with Gasteiger partial charge in [-0.15, -0.1) is 0 Å². The van der Waals surface area contributed by atoms with Gasteiger partial charge in [-0.25, -0.2) is 0 Å². The van der Waals surface area contributed by atoms with Crippen molar-refractivity contribution >= 4 is 22.4 Å². The van der Waals surface area contributed by atoms with E-state index < -0.39 is 18.8 Å². The van der Waals surface area contributed by atoms with Crippen LogP contribution in [0.15, 0.2) is 24.3 Å². The molecule has 0 fully saturated rings. The summed E-state index contributed by atoms with van der Waals surface area (Å²) in [4.78, 5) is 6.82. The van der Waals surface area contributed by atoms with Crippen LogP contribution in [0.2, 0.25) is 9.88 Å². The number of hydrogen-bond donors (Lipinski definition) is 0. The summed E-state index contributed by atoms with van der Waals surface area (Å²) < 4.78 is 7.21. The Morgan fingerprint density at radius 2 is 1.80 bits per heavy atom. The summed E-state index contributed by atoms with van der Waals surface area (Å²) in [5, 5.41) is 0. The van der Waals surface area contributed by atoms with Gasteiger partial charge in [-0.1, -0.05) is 0 Å². The summed E-state index contributed by atoms with van der Waals surface area (Å²) in [6.45, 7) is 1.000. The molecule has 0 unspecified atom stereocenters. The Hall–Kier alpha value is -0.0613. The van der Waals surface area contributed by atoms with E-state index >= 15 is 0 Å². The van der Waals surface area contributed by atoms with Gasteiger partial charge in [-0.05, 0) is 0 Å². The van der Waals surface area contributed by atoms with Crippen molar-refractivity contribution in [3.8, 4) is 0 Å². The first-order chi connectivity index (χ1) is 6.97. The van der Waals surface area contributed by atoms with Gasteiger partial charge in [-0.2, -0.15) is 0 Å². The first kappa shape index (κ1) is 13.0. The molecule has 0 spiro atoms. The Morgan fingerprint density at radius 1 is 1.20 bits per heavy atom. The summed E-state index contributed by atoms with van der Waals surface area (Å²) >= 11 is -2.45. The quantitative estimate of drug-likeness (QED) is 0.786. The Labute approximate surface area is 97.7 Å². The van der Waals surface area contributed by atoms with Crippen LogP contribution in [0.5, 0.6) is 0 Å². The Balaban J connectivity index is 3.06. The van der Waals surface area contributed by atoms with Crippen molar-refractivity contribution in [2.45, 2.75) is 16.4 Å². The summed E-state index contributed by atoms with van der Waals surface area (Å²) in [5.74, 6) is 0. The van der Waals surface area contributed by atoms with Gasteiger partial charge >= 0.3 is 97.8 Å². The molecule has 0 saturated heterocycles. The van der Waals surface area contributed by atoms with Crippen molar-refractivity contribution in [2.24, 2.45) is 0 Å². The van der Waals surface area contributed by atoms with Crippen LogP contribution >= 0.6 is 0 Å². The van der Waals surface area contributed by atoms with E-state index in [1.54, 1.807) is 0 Å². The molecular formula is C12H21NOSn. The minimum absolute atomic E-state index is 1.000. The maximum absolute atomic E-state index is 5.74. The molecule has 84 valence electrons. The van der Waals surface area contributed by atoms with Crippen molar-refractivity contribution in [3.05, 3.63) is 29.8 Å². The molecule has 0 aliphatic heterocycles. The first-order valence-electron chi connectivity index (χ1n) is 5.25. The zero-order chi connectivity index (χ0) is 11.5. The zero-order valence-corrected chi connectivity index (χ0v) is 13.2. The topological polar surface area (TPSA) is 12.5 Å². The summed E-state index contributed by atoms with van der Waals surface area (Å²) in [5.41, 5.74) is 1.42. The molecule has 3 heteroatoms. The van der Waals surface area contributed by atoms with Crippen molar-refractivity contribution in [1.29, 1.82) is 0 Å². The monoisotopic (exact) mass is 315 g/mol. The maximum atomic E-state index is 5.74. The molecule has 15 heavy (non-hydrogen) atoms. The van der Waals surface area contributed by atoms with Gasteiger partial charge < -0.3 is 0 Å². The van der Waals surface area contributed by atoms with Gasteiger partial charge in [0.1, 0.15) is 0 Å². The second-order valence-corrected chi connectivity index (χ2v) is 15.9. The summed E-state index contributed by atoms with van der Waals surface area (Å²) in [6, 6.07) is 8.68. The van der Waals surface area contributed by atoms with Crippen LogP contribution < -0.4 is 3.58 Å². The van der Waals surface area contributed by atoms with Crippen LogP contribution in [0.3, 0.4) is 0 Å². The molecule has 0 heterocycles. The Kier molecular flexibility index (Phi) is 4.61. The third-order valence-corrected chi connectivity index (χ3v) is 10.7. The van der Waals surface area contributed by atoms with Crippen LogP contribution in [0.25, 0.3) is 0 Å². The second-order valence-electron chi connectivity index (χ2n) is 4.61. The van der Waals surface area contributed by atoms with E-state index in [0.29, 0.717) is 0 Å². The fourth-order valence-corrected chi connectivity index (χ4v) is 6.41. The molecule has 0 bridgehead atoms. The molecule has 0 N–H and O–H groups in total. The average molecular weight is 314 g/mol. The minimum atomic E-state index is -2.45. The van der Waals surface area contributed by atoms with Gasteiger partial charge in [0.15, 0.2) is 0 Å². The normalized spacial score (nSPS) is 12.1. The van der Waals surface area contributed by atoms with Gasteiger partial charge in [0.2, 0.25) is 0 Å². The van der Waals surface area contributed by atoms with E-state index in [1.807, 2.05) is 7.11 Å². The van der Waals surface area contributed by atoms with Gasteiger partial charge in [0, 0.05) is 0 Å². The molecule has 0 saturated carbocycles. The molecule has 0 aromatic heterocycles. The van der Waals surface area contributed by atoms with E-state index in [0.717, 1.165) is 6.54 Å². The first-order valence-corrected chi connectivity index (χ1v) is 13.6. The number of benzene rings is 1. The van der Waals surface area contributed by atoms with Crippen molar-refractivity contribution in [2.75, 3.05) is 21.2 Å². The van der Waals surface area contributed by atoms with Crippen LogP contribution in [-0.2, 0) is 9.62 Å². The fraction of sp³-hybridized carbons (Fsp3) is 0.500. The van der Waals surface area contributed by atoms with E-state index in [2.05, 4.69) is 53.1 Å². The molecule has 1 rings (SSSR count). The second kappa shape index (κ2) is 5.32. The molecule has 0 amide bonds. The van der Waals surface area contributed by atoms with Gasteiger partial charge in [0.05, 0.1) is 0 Å². The van der Waals surface area contributed by atoms with Crippen LogP contribution in [0.1, 0.15) is 5.56 Å². The Morgan fingerprint density at radius 3 is 2.33 bits per heavy atom. The van der Waals surface area contributed by atoms with Crippen molar-refractivity contribution in [3.63, 3.8) is 0 Å². The molecule has 1 aromatic carbocycles. The number of rotatable bonds is 4. The van der Waals surface area contributed by atoms with E-state index in [-0.39, 0.29) is 0 Å². The van der Waals surface area contributed by atoms with Crippen molar-refractivity contribution in [1.82, 2.24) is 4.90 Å². The van der Waals surface area contributed by atoms with E-state index in [1.165, 1.54) is 9.14 Å². The molecule has 1 aromatic rings. The van der Waals surface area contributed by atoms with E-state index in [9.17, 15) is 0 Å². The van der Waals surface area contributed by atoms with Crippen LogP contribution in [0.4, 0.5) is 0 Å². The third kappa shape index (κ3) is 3.47. The zero-order valence-electron chi connectivity index (χ0n) is 10.4. The van der Waals surface area contributed by atoms with Gasteiger partial charge in [-0.3, -0.25) is 0 Å². The molecule has 0 aliphatic rings. The van der Waals surface area contributed by atoms with Crippen LogP contribution in [-0.4, -0.2) is 44.9 Å². The average Bonchev–Trinajstić information content (AvgIpc) is 2.17. The molecule has 0 radical (unpaired) electrons. The van der Waals surface area contributed by atoms with E-state index in [4.69, 9.17) is 3.07 Å². The summed E-state index contributed by atoms with van der Waals surface area (Å²) in [6.07, 6.45) is 0. The van der Waals surface area contributed by atoms with Crippen molar-refractivity contribution < 1.29 is 3.07 Å². The fourth-order valence-electron chi connectivity index (χ4n) is 1.70. The Bertz CT molecular complexity index is 323. The molecule has 0 aliphatic carbocycles. The summed E-state index contributed by atoms with van der Waals surface area (Å²) in [7, 11) is 6.06. The standard InChI is InChI=1S/C9H12N.CH3O.2CH3.Sn/c1-10(2)8-9-6-4-3-5-7-9;1-2;;;/h3-6H,8H2,1-2H3;1H3;2*1H3;/q;-1;;;+1. The predicted octanol–water partition coefficient (Wildman–Crippen LogP) is 1.81. The number of nitrogens with zero attached hydrogens (tertiary/aromatic N) is 1. The molecule has 0 atom stereocenters.